The van der Waals surface area contributed by atoms with Crippen LogP contribution in [0.15, 0.2) is 0 Å². The molecular formula is C12H22N4O. The van der Waals surface area contributed by atoms with Gasteiger partial charge in [-0.1, -0.05) is 20.8 Å². The molecule has 0 aliphatic carbocycles. The molecule has 17 heavy (non-hydrogen) atoms. The van der Waals surface area contributed by atoms with E-state index in [1.165, 1.54) is 0 Å². The van der Waals surface area contributed by atoms with Crippen molar-refractivity contribution in [3.8, 4) is 6.01 Å². The lowest BCUT2D eigenvalue weighted by molar-refractivity contribution is 0.309. The highest BCUT2D eigenvalue weighted by molar-refractivity contribution is 5.25. The van der Waals surface area contributed by atoms with E-state index in [1.54, 1.807) is 0 Å². The van der Waals surface area contributed by atoms with Crippen molar-refractivity contribution in [1.82, 2.24) is 15.0 Å². The molecule has 1 heterocycles. The molecule has 0 aliphatic heterocycles. The van der Waals surface area contributed by atoms with Crippen LogP contribution in [0.2, 0.25) is 0 Å². The zero-order chi connectivity index (χ0) is 12.7. The largest absolute Gasteiger partial charge is 0.464 e. The van der Waals surface area contributed by atoms with Gasteiger partial charge in [-0.3, -0.25) is 0 Å². The molecule has 96 valence electrons. The summed E-state index contributed by atoms with van der Waals surface area (Å²) >= 11 is 0. The Bertz CT molecular complexity index is 341. The van der Waals surface area contributed by atoms with Crippen LogP contribution >= 0.6 is 0 Å². The van der Waals surface area contributed by atoms with Gasteiger partial charge < -0.3 is 10.1 Å². The highest BCUT2D eigenvalue weighted by atomic mass is 16.5. The van der Waals surface area contributed by atoms with Gasteiger partial charge in [0.05, 0.1) is 6.61 Å². The third-order valence-electron chi connectivity index (χ3n) is 2.06. The van der Waals surface area contributed by atoms with Gasteiger partial charge in [-0.2, -0.15) is 15.0 Å². The maximum atomic E-state index is 5.35. The van der Waals surface area contributed by atoms with E-state index >= 15 is 0 Å². The minimum absolute atomic E-state index is 0.414. The number of rotatable bonds is 7. The number of nitrogens with one attached hydrogen (secondary N) is 1. The van der Waals surface area contributed by atoms with Crippen LogP contribution in [-0.2, 0) is 6.42 Å². The van der Waals surface area contributed by atoms with Crippen molar-refractivity contribution in [2.75, 3.05) is 18.5 Å². The van der Waals surface area contributed by atoms with Gasteiger partial charge in [-0.15, -0.1) is 0 Å². The molecule has 0 atom stereocenters. The van der Waals surface area contributed by atoms with Crippen molar-refractivity contribution in [2.45, 2.75) is 40.5 Å². The number of ether oxygens (including phenoxy) is 1. The molecule has 0 spiro atoms. The zero-order valence-corrected chi connectivity index (χ0v) is 11.2. The van der Waals surface area contributed by atoms with E-state index in [-0.39, 0.29) is 0 Å². The van der Waals surface area contributed by atoms with Gasteiger partial charge in [0.2, 0.25) is 5.95 Å². The lowest BCUT2D eigenvalue weighted by atomic mass is 10.1. The van der Waals surface area contributed by atoms with Crippen molar-refractivity contribution in [2.24, 2.45) is 5.92 Å². The summed E-state index contributed by atoms with van der Waals surface area (Å²) in [5, 5.41) is 3.16. The predicted octanol–water partition coefficient (Wildman–Crippen LogP) is 2.29. The van der Waals surface area contributed by atoms with Crippen LogP contribution in [0.3, 0.4) is 0 Å². The van der Waals surface area contributed by atoms with Gasteiger partial charge in [0, 0.05) is 13.0 Å². The maximum Gasteiger partial charge on any atom is 0.321 e. The number of aromatic nitrogens is 3. The molecule has 0 amide bonds. The molecule has 1 aromatic rings. The van der Waals surface area contributed by atoms with Gasteiger partial charge >= 0.3 is 6.01 Å². The van der Waals surface area contributed by atoms with E-state index < -0.39 is 0 Å². The molecule has 0 unspecified atom stereocenters. The van der Waals surface area contributed by atoms with Crippen LogP contribution in [0, 0.1) is 5.92 Å². The second kappa shape index (κ2) is 7.04. The average Bonchev–Trinajstić information content (AvgIpc) is 2.25. The summed E-state index contributed by atoms with van der Waals surface area (Å²) in [6.07, 6.45) is 1.87. The van der Waals surface area contributed by atoms with Crippen molar-refractivity contribution in [3.63, 3.8) is 0 Å². The van der Waals surface area contributed by atoms with Crippen molar-refractivity contribution >= 4 is 5.95 Å². The van der Waals surface area contributed by atoms with E-state index in [4.69, 9.17) is 4.74 Å². The van der Waals surface area contributed by atoms with E-state index in [1.807, 2.05) is 6.92 Å². The van der Waals surface area contributed by atoms with E-state index in [0.29, 0.717) is 24.5 Å². The summed E-state index contributed by atoms with van der Waals surface area (Å²) < 4.78 is 5.35. The van der Waals surface area contributed by atoms with E-state index in [9.17, 15) is 0 Å². The monoisotopic (exact) mass is 238 g/mol. The number of nitrogens with zero attached hydrogens (tertiary/aromatic N) is 3. The molecule has 0 bridgehead atoms. The van der Waals surface area contributed by atoms with Crippen molar-refractivity contribution in [1.29, 1.82) is 0 Å². The van der Waals surface area contributed by atoms with Crippen LogP contribution in [-0.4, -0.2) is 28.1 Å². The summed E-state index contributed by atoms with van der Waals surface area (Å²) in [5.74, 6) is 1.92. The standard InChI is InChI=1S/C12H22N4O/c1-5-7-13-11-14-10(8-9(3)4)15-12(16-11)17-6-2/h9H,5-8H2,1-4H3,(H,13,14,15,16). The highest BCUT2D eigenvalue weighted by Crippen LogP contribution is 2.11. The first-order valence-corrected chi connectivity index (χ1v) is 6.27. The highest BCUT2D eigenvalue weighted by Gasteiger charge is 2.08. The predicted molar refractivity (Wildman–Crippen MR) is 68.3 cm³/mol. The molecule has 5 nitrogen and oxygen atoms in total. The molecule has 0 aliphatic rings. The zero-order valence-electron chi connectivity index (χ0n) is 11.2. The molecule has 1 rings (SSSR count). The summed E-state index contributed by atoms with van der Waals surface area (Å²) in [4.78, 5) is 12.9. The lowest BCUT2D eigenvalue weighted by Crippen LogP contribution is -2.11. The molecule has 0 saturated heterocycles. The third-order valence-corrected chi connectivity index (χ3v) is 2.06. The SMILES string of the molecule is CCCNc1nc(CC(C)C)nc(OCC)n1. The number of hydrogen-bond acceptors (Lipinski definition) is 5. The van der Waals surface area contributed by atoms with E-state index in [2.05, 4.69) is 41.0 Å². The lowest BCUT2D eigenvalue weighted by Gasteiger charge is -2.09. The topological polar surface area (TPSA) is 59.9 Å². The fraction of sp³-hybridized carbons (Fsp3) is 0.750. The Kier molecular flexibility index (Phi) is 5.66. The second-order valence-corrected chi connectivity index (χ2v) is 4.32. The fourth-order valence-corrected chi connectivity index (χ4v) is 1.36. The molecule has 0 radical (unpaired) electrons. The van der Waals surface area contributed by atoms with Gasteiger partial charge in [-0.05, 0) is 19.3 Å². The molecular weight excluding hydrogens is 216 g/mol. The molecule has 0 aromatic carbocycles. The quantitative estimate of drug-likeness (QED) is 0.789. The molecule has 5 heteroatoms. The normalized spacial score (nSPS) is 10.6. The van der Waals surface area contributed by atoms with Gasteiger partial charge in [-0.25, -0.2) is 0 Å². The first kappa shape index (κ1) is 13.7. The Hall–Kier alpha value is -1.39. The molecule has 1 N–H and O–H groups in total. The number of anilines is 1. The Morgan fingerprint density at radius 3 is 2.53 bits per heavy atom. The Morgan fingerprint density at radius 2 is 1.94 bits per heavy atom. The van der Waals surface area contributed by atoms with Gasteiger partial charge in [0.1, 0.15) is 5.82 Å². The minimum Gasteiger partial charge on any atom is -0.464 e. The van der Waals surface area contributed by atoms with Crippen LogP contribution in [0.25, 0.3) is 0 Å². The molecule has 0 saturated carbocycles. The first-order chi connectivity index (χ1) is 8.15. The van der Waals surface area contributed by atoms with Gasteiger partial charge in [0.15, 0.2) is 0 Å². The van der Waals surface area contributed by atoms with Crippen LogP contribution in [0.4, 0.5) is 5.95 Å². The van der Waals surface area contributed by atoms with Gasteiger partial charge in [0.25, 0.3) is 0 Å². The molecule has 1 aromatic heterocycles. The third kappa shape index (κ3) is 4.97. The second-order valence-electron chi connectivity index (χ2n) is 4.32. The van der Waals surface area contributed by atoms with E-state index in [0.717, 1.165) is 25.2 Å². The first-order valence-electron chi connectivity index (χ1n) is 6.27. The summed E-state index contributed by atoms with van der Waals surface area (Å²) in [5.41, 5.74) is 0. The summed E-state index contributed by atoms with van der Waals surface area (Å²) in [7, 11) is 0. The Morgan fingerprint density at radius 1 is 1.18 bits per heavy atom. The summed E-state index contributed by atoms with van der Waals surface area (Å²) in [6, 6.07) is 0.414. The van der Waals surface area contributed by atoms with Crippen LogP contribution in [0.1, 0.15) is 39.9 Å². The molecule has 0 fully saturated rings. The Labute approximate surface area is 103 Å². The summed E-state index contributed by atoms with van der Waals surface area (Å²) in [6.45, 7) is 9.74. The van der Waals surface area contributed by atoms with Crippen molar-refractivity contribution in [3.05, 3.63) is 5.82 Å². The number of hydrogen-bond donors (Lipinski definition) is 1. The van der Waals surface area contributed by atoms with Crippen molar-refractivity contribution < 1.29 is 4.74 Å². The minimum atomic E-state index is 0.414. The average molecular weight is 238 g/mol. The fourth-order valence-electron chi connectivity index (χ4n) is 1.36. The smallest absolute Gasteiger partial charge is 0.321 e. The van der Waals surface area contributed by atoms with Crippen LogP contribution in [0.5, 0.6) is 6.01 Å². The van der Waals surface area contributed by atoms with Crippen LogP contribution < -0.4 is 10.1 Å². The maximum absolute atomic E-state index is 5.35. The Balaban J connectivity index is 2.84.